The van der Waals surface area contributed by atoms with Crippen LogP contribution in [0.1, 0.15) is 83.2 Å². The van der Waals surface area contributed by atoms with Crippen molar-refractivity contribution in [3.8, 4) is 0 Å². The second kappa shape index (κ2) is 18.4. The molecule has 0 bridgehead atoms. The third-order valence-electron chi connectivity index (χ3n) is 7.40. The van der Waals surface area contributed by atoms with Crippen LogP contribution in [0.2, 0.25) is 0 Å². The number of benzene rings is 2. The van der Waals surface area contributed by atoms with Gasteiger partial charge in [0, 0.05) is 49.0 Å². The Hall–Kier alpha value is -5.38. The van der Waals surface area contributed by atoms with Gasteiger partial charge in [-0.3, -0.25) is 19.6 Å². The Balaban J connectivity index is 1.06. The van der Waals surface area contributed by atoms with Gasteiger partial charge in [-0.15, -0.1) is 0 Å². The van der Waals surface area contributed by atoms with E-state index < -0.39 is 0 Å². The average molecular weight is 619 g/mol. The first-order valence-electron chi connectivity index (χ1n) is 15.8. The minimum absolute atomic E-state index is 0.134. The van der Waals surface area contributed by atoms with Crippen molar-refractivity contribution in [2.24, 2.45) is 9.98 Å². The molecule has 4 aromatic rings. The largest absolute Gasteiger partial charge is 0.383 e. The van der Waals surface area contributed by atoms with Gasteiger partial charge < -0.3 is 22.1 Å². The lowest BCUT2D eigenvalue weighted by Crippen LogP contribution is -2.24. The number of nitrogens with one attached hydrogen (secondary N) is 2. The highest BCUT2D eigenvalue weighted by Crippen LogP contribution is 2.20. The fourth-order valence-corrected chi connectivity index (χ4v) is 4.82. The molecule has 0 radical (unpaired) electrons. The predicted molar refractivity (Wildman–Crippen MR) is 186 cm³/mol. The van der Waals surface area contributed by atoms with E-state index in [1.54, 1.807) is 49.1 Å². The number of hydrogen-bond donors (Lipinski definition) is 4. The number of nitrogens with zero attached hydrogens (tertiary/aromatic N) is 4. The van der Waals surface area contributed by atoms with Crippen LogP contribution in [0.4, 0.5) is 23.0 Å². The molecule has 10 nitrogen and oxygen atoms in total. The van der Waals surface area contributed by atoms with Crippen LogP contribution in [0, 0.1) is 0 Å². The Bertz CT molecular complexity index is 1510. The van der Waals surface area contributed by atoms with E-state index in [9.17, 15) is 9.59 Å². The average Bonchev–Trinajstić information content (AvgIpc) is 3.08. The Morgan fingerprint density at radius 3 is 1.37 bits per heavy atom. The normalized spacial score (nSPS) is 11.2. The Kier molecular flexibility index (Phi) is 13.4. The first-order chi connectivity index (χ1) is 22.5. The molecular weight excluding hydrogens is 576 g/mol. The first kappa shape index (κ1) is 33.5. The molecule has 0 fully saturated rings. The number of carbonyl (C=O) groups is 2. The molecule has 0 saturated carbocycles. The molecule has 0 unspecified atom stereocenters. The van der Waals surface area contributed by atoms with E-state index in [0.717, 1.165) is 51.4 Å². The maximum atomic E-state index is 12.8. The summed E-state index contributed by atoms with van der Waals surface area (Å²) in [5.41, 5.74) is 15.4. The second-order valence-electron chi connectivity index (χ2n) is 10.8. The summed E-state index contributed by atoms with van der Waals surface area (Å²) in [6.07, 6.45) is 15.1. The van der Waals surface area contributed by atoms with E-state index in [1.165, 1.54) is 0 Å². The number of unbranched alkanes of at least 4 members (excludes halogenated alkanes) is 7. The third kappa shape index (κ3) is 10.7. The highest BCUT2D eigenvalue weighted by molar-refractivity contribution is 6.01. The van der Waals surface area contributed by atoms with E-state index in [1.807, 2.05) is 48.5 Å². The van der Waals surface area contributed by atoms with Crippen molar-refractivity contribution in [2.45, 2.75) is 51.4 Å². The van der Waals surface area contributed by atoms with E-state index >= 15 is 0 Å². The standard InChI is InChI=1S/C36H42N8O2/c37-33-27(15-13-23-39-33)25-43-31-19-9-7-17-29(31)35(45)41-21-11-5-3-1-2-4-6-12-22-42-36(46)30-18-8-10-20-32(30)44-26-28-16-14-24-40-34(28)38/h7-10,13-20,23-26H,1-6,11-12,21-22H2,(H2,37,39)(H2,38,40)(H,41,45)(H,42,46). The fraction of sp³-hybridized carbons (Fsp3) is 0.278. The van der Waals surface area contributed by atoms with Crippen LogP contribution in [0.3, 0.4) is 0 Å². The maximum absolute atomic E-state index is 12.8. The highest BCUT2D eigenvalue weighted by atomic mass is 16.2. The molecule has 4 rings (SSSR count). The molecule has 2 aromatic heterocycles. The Labute approximate surface area is 270 Å². The summed E-state index contributed by atoms with van der Waals surface area (Å²) < 4.78 is 0. The van der Waals surface area contributed by atoms with Crippen LogP contribution in [0.25, 0.3) is 0 Å². The smallest absolute Gasteiger partial charge is 0.253 e. The molecule has 238 valence electrons. The number of aliphatic imine (C=N–C) groups is 2. The lowest BCUT2D eigenvalue weighted by Gasteiger charge is -2.08. The van der Waals surface area contributed by atoms with Crippen LogP contribution in [-0.2, 0) is 0 Å². The summed E-state index contributed by atoms with van der Waals surface area (Å²) in [4.78, 5) is 42.6. The zero-order chi connectivity index (χ0) is 32.4. The molecule has 0 aliphatic heterocycles. The number of carbonyl (C=O) groups excluding carboxylic acids is 2. The minimum Gasteiger partial charge on any atom is -0.383 e. The SMILES string of the molecule is Nc1ncccc1C=Nc1ccccc1C(=O)NCCCCCCCCCCNC(=O)c1ccccc1N=Cc1cccnc1N. The van der Waals surface area contributed by atoms with E-state index in [-0.39, 0.29) is 11.8 Å². The van der Waals surface area contributed by atoms with Crippen LogP contribution >= 0.6 is 0 Å². The first-order valence-corrected chi connectivity index (χ1v) is 15.8. The zero-order valence-corrected chi connectivity index (χ0v) is 26.1. The topological polar surface area (TPSA) is 161 Å². The van der Waals surface area contributed by atoms with Crippen LogP contribution in [0.5, 0.6) is 0 Å². The van der Waals surface area contributed by atoms with Crippen molar-refractivity contribution < 1.29 is 9.59 Å². The molecule has 0 aliphatic carbocycles. The van der Waals surface area contributed by atoms with Crippen LogP contribution < -0.4 is 22.1 Å². The summed E-state index contributed by atoms with van der Waals surface area (Å²) in [5.74, 6) is 0.521. The molecule has 0 spiro atoms. The van der Waals surface area contributed by atoms with Gasteiger partial charge >= 0.3 is 0 Å². The van der Waals surface area contributed by atoms with Gasteiger partial charge in [0.05, 0.1) is 22.5 Å². The summed E-state index contributed by atoms with van der Waals surface area (Å²) in [6.45, 7) is 1.25. The van der Waals surface area contributed by atoms with Gasteiger partial charge in [0.2, 0.25) is 0 Å². The second-order valence-corrected chi connectivity index (χ2v) is 10.8. The van der Waals surface area contributed by atoms with Gasteiger partial charge in [-0.2, -0.15) is 0 Å². The van der Waals surface area contributed by atoms with E-state index in [4.69, 9.17) is 11.5 Å². The molecule has 0 aliphatic rings. The molecule has 2 heterocycles. The lowest BCUT2D eigenvalue weighted by molar-refractivity contribution is 0.0945. The van der Waals surface area contributed by atoms with Gasteiger partial charge in [0.25, 0.3) is 11.8 Å². The predicted octanol–water partition coefficient (Wildman–Crippen LogP) is 6.42. The number of pyridine rings is 2. The molecular formula is C36H42N8O2. The van der Waals surface area contributed by atoms with Gasteiger partial charge in [0.1, 0.15) is 11.6 Å². The van der Waals surface area contributed by atoms with Crippen LogP contribution in [-0.4, -0.2) is 47.3 Å². The number of anilines is 2. The number of rotatable bonds is 17. The summed E-state index contributed by atoms with van der Waals surface area (Å²) >= 11 is 0. The van der Waals surface area contributed by atoms with Crippen molar-refractivity contribution >= 4 is 47.3 Å². The molecule has 2 aromatic carbocycles. The highest BCUT2D eigenvalue weighted by Gasteiger charge is 2.11. The van der Waals surface area contributed by atoms with E-state index in [2.05, 4.69) is 30.6 Å². The van der Waals surface area contributed by atoms with Crippen molar-refractivity contribution in [1.82, 2.24) is 20.6 Å². The fourth-order valence-electron chi connectivity index (χ4n) is 4.82. The molecule has 0 saturated heterocycles. The maximum Gasteiger partial charge on any atom is 0.253 e. The lowest BCUT2D eigenvalue weighted by atomic mass is 10.1. The number of nitrogens with two attached hydrogens (primary N) is 2. The summed E-state index contributed by atoms with van der Waals surface area (Å²) in [5, 5.41) is 6.03. The number of hydrogen-bond acceptors (Lipinski definition) is 8. The van der Waals surface area contributed by atoms with E-state index in [0.29, 0.717) is 58.4 Å². The van der Waals surface area contributed by atoms with Gasteiger partial charge in [0.15, 0.2) is 0 Å². The van der Waals surface area contributed by atoms with Gasteiger partial charge in [-0.1, -0.05) is 62.8 Å². The van der Waals surface area contributed by atoms with Crippen molar-refractivity contribution in [3.05, 3.63) is 107 Å². The number of amides is 2. The Morgan fingerprint density at radius 1 is 0.565 bits per heavy atom. The quantitative estimate of drug-likeness (QED) is 0.0788. The number of nitrogen functional groups attached to an aromatic ring is 2. The molecule has 46 heavy (non-hydrogen) atoms. The summed E-state index contributed by atoms with van der Waals surface area (Å²) in [6, 6.07) is 21.8. The van der Waals surface area contributed by atoms with Crippen molar-refractivity contribution in [2.75, 3.05) is 24.6 Å². The molecule has 0 atom stereocenters. The van der Waals surface area contributed by atoms with Crippen LogP contribution in [0.15, 0.2) is 95.2 Å². The summed E-state index contributed by atoms with van der Waals surface area (Å²) in [7, 11) is 0. The number of para-hydroxylation sites is 2. The van der Waals surface area contributed by atoms with Crippen molar-refractivity contribution in [1.29, 1.82) is 0 Å². The monoisotopic (exact) mass is 618 g/mol. The third-order valence-corrected chi connectivity index (χ3v) is 7.40. The van der Waals surface area contributed by atoms with Gasteiger partial charge in [-0.25, -0.2) is 9.97 Å². The molecule has 6 N–H and O–H groups in total. The minimum atomic E-state index is -0.134. The molecule has 2 amide bonds. The van der Waals surface area contributed by atoms with Gasteiger partial charge in [-0.05, 0) is 61.4 Å². The van der Waals surface area contributed by atoms with Crippen molar-refractivity contribution in [3.63, 3.8) is 0 Å². The number of aromatic nitrogens is 2. The molecule has 10 heteroatoms. The Morgan fingerprint density at radius 2 is 0.957 bits per heavy atom. The zero-order valence-electron chi connectivity index (χ0n) is 26.1.